The molecule has 26 heavy (non-hydrogen) atoms. The first kappa shape index (κ1) is 20.4. The van der Waals surface area contributed by atoms with Crippen molar-refractivity contribution in [3.05, 3.63) is 35.4 Å². The van der Waals surface area contributed by atoms with Crippen LogP contribution in [0.2, 0.25) is 0 Å². The molecule has 1 aliphatic rings. The Kier molecular flexibility index (Phi) is 6.39. The number of halogens is 4. The van der Waals surface area contributed by atoms with Crippen LogP contribution in [0.1, 0.15) is 30.4 Å². The second kappa shape index (κ2) is 8.16. The number of benzene rings is 1. The van der Waals surface area contributed by atoms with Crippen LogP contribution in [0, 0.1) is 0 Å². The monoisotopic (exact) mass is 392 g/mol. The van der Waals surface area contributed by atoms with Crippen LogP contribution in [-0.2, 0) is 16.4 Å². The van der Waals surface area contributed by atoms with Gasteiger partial charge in [0, 0.05) is 25.0 Å². The number of nitrogens with zero attached hydrogens (tertiary/aromatic N) is 1. The average Bonchev–Trinajstić information content (AvgIpc) is 2.60. The van der Waals surface area contributed by atoms with E-state index in [9.17, 15) is 22.8 Å². The van der Waals surface area contributed by atoms with Crippen LogP contribution in [0.3, 0.4) is 0 Å². The molecular weight excluding hydrogens is 373 g/mol. The van der Waals surface area contributed by atoms with Crippen LogP contribution in [0.5, 0.6) is 0 Å². The van der Waals surface area contributed by atoms with Crippen LogP contribution in [0.25, 0.3) is 0 Å². The summed E-state index contributed by atoms with van der Waals surface area (Å²) >= 11 is 5.57. The Labute approximate surface area is 154 Å². The van der Waals surface area contributed by atoms with E-state index in [1.807, 2.05) is 0 Å². The van der Waals surface area contributed by atoms with Gasteiger partial charge in [0.1, 0.15) is 5.88 Å². The van der Waals surface area contributed by atoms with Gasteiger partial charge in [-0.15, -0.1) is 11.6 Å². The molecule has 0 spiro atoms. The lowest BCUT2D eigenvalue weighted by Gasteiger charge is -2.42. The molecule has 2 amide bonds. The van der Waals surface area contributed by atoms with Crippen LogP contribution < -0.4 is 5.32 Å². The fourth-order valence-corrected chi connectivity index (χ4v) is 3.55. The molecule has 0 saturated carbocycles. The summed E-state index contributed by atoms with van der Waals surface area (Å²) in [5.74, 6) is -0.357. The zero-order chi connectivity index (χ0) is 19.4. The van der Waals surface area contributed by atoms with Crippen molar-refractivity contribution in [2.75, 3.05) is 25.5 Å². The molecule has 0 unspecified atom stereocenters. The first-order valence-electron chi connectivity index (χ1n) is 8.16. The Morgan fingerprint density at radius 1 is 1.27 bits per heavy atom. The maximum Gasteiger partial charge on any atom is 0.416 e. The Morgan fingerprint density at radius 3 is 2.46 bits per heavy atom. The SMILES string of the molecule is O=C(O)NCCC1(c2cccc(C(F)(F)F)c2)CCN(C(=O)CCl)CC1. The summed E-state index contributed by atoms with van der Waals surface area (Å²) in [7, 11) is 0. The Hall–Kier alpha value is -1.96. The summed E-state index contributed by atoms with van der Waals surface area (Å²) < 4.78 is 39.2. The highest BCUT2D eigenvalue weighted by molar-refractivity contribution is 6.27. The minimum atomic E-state index is -4.45. The topological polar surface area (TPSA) is 69.6 Å². The van der Waals surface area contributed by atoms with Crippen LogP contribution in [-0.4, -0.2) is 47.5 Å². The lowest BCUT2D eigenvalue weighted by molar-refractivity contribution is -0.137. The zero-order valence-electron chi connectivity index (χ0n) is 14.0. The molecule has 0 bridgehead atoms. The number of amides is 2. The number of likely N-dealkylation sites (tertiary alicyclic amines) is 1. The molecule has 2 rings (SSSR count). The molecular formula is C17H20ClF3N2O3. The van der Waals surface area contributed by atoms with Gasteiger partial charge in [-0.05, 0) is 30.9 Å². The van der Waals surface area contributed by atoms with Gasteiger partial charge in [-0.3, -0.25) is 4.79 Å². The van der Waals surface area contributed by atoms with Gasteiger partial charge >= 0.3 is 12.3 Å². The molecule has 0 aromatic heterocycles. The Morgan fingerprint density at radius 2 is 1.92 bits per heavy atom. The van der Waals surface area contributed by atoms with Crippen LogP contribution in [0.15, 0.2) is 24.3 Å². The third-order valence-corrected chi connectivity index (χ3v) is 5.10. The van der Waals surface area contributed by atoms with Crippen molar-refractivity contribution in [3.8, 4) is 0 Å². The van der Waals surface area contributed by atoms with Gasteiger partial charge in [0.15, 0.2) is 0 Å². The van der Waals surface area contributed by atoms with E-state index in [1.165, 1.54) is 6.07 Å². The lowest BCUT2D eigenvalue weighted by atomic mass is 9.70. The molecule has 0 atom stereocenters. The standard InChI is InChI=1S/C17H20ClF3N2O3/c18-11-14(24)23-8-5-16(6-9-23,4-7-22-15(25)26)12-2-1-3-13(10-12)17(19,20)21/h1-3,10,22H,4-9,11H2,(H,25,26). The third-order valence-electron chi connectivity index (χ3n) is 4.87. The molecule has 0 radical (unpaired) electrons. The number of carbonyl (C=O) groups is 2. The van der Waals surface area contributed by atoms with Crippen molar-refractivity contribution in [1.82, 2.24) is 10.2 Å². The third kappa shape index (κ3) is 4.81. The van der Waals surface area contributed by atoms with Crippen LogP contribution >= 0.6 is 11.6 Å². The quantitative estimate of drug-likeness (QED) is 0.754. The lowest BCUT2D eigenvalue weighted by Crippen LogP contribution is -2.47. The molecule has 1 aromatic rings. The van der Waals surface area contributed by atoms with Crippen LogP contribution in [0.4, 0.5) is 18.0 Å². The number of nitrogens with one attached hydrogen (secondary N) is 1. The first-order chi connectivity index (χ1) is 12.2. The van der Waals surface area contributed by atoms with Crippen molar-refractivity contribution >= 4 is 23.6 Å². The molecule has 1 aliphatic heterocycles. The number of rotatable bonds is 5. The largest absolute Gasteiger partial charge is 0.465 e. The number of piperidine rings is 1. The molecule has 0 aliphatic carbocycles. The van der Waals surface area contributed by atoms with E-state index in [0.29, 0.717) is 37.9 Å². The number of hydrogen-bond donors (Lipinski definition) is 2. The zero-order valence-corrected chi connectivity index (χ0v) is 14.7. The van der Waals surface area contributed by atoms with E-state index in [0.717, 1.165) is 12.1 Å². The first-order valence-corrected chi connectivity index (χ1v) is 8.70. The molecule has 144 valence electrons. The van der Waals surface area contributed by atoms with E-state index >= 15 is 0 Å². The normalized spacial score (nSPS) is 17.0. The second-order valence-electron chi connectivity index (χ2n) is 6.36. The molecule has 9 heteroatoms. The van der Waals surface area contributed by atoms with Gasteiger partial charge in [-0.2, -0.15) is 13.2 Å². The van der Waals surface area contributed by atoms with Crippen molar-refractivity contribution in [1.29, 1.82) is 0 Å². The average molecular weight is 393 g/mol. The van der Waals surface area contributed by atoms with E-state index in [1.54, 1.807) is 11.0 Å². The van der Waals surface area contributed by atoms with Gasteiger partial charge in [0.25, 0.3) is 0 Å². The maximum atomic E-state index is 13.1. The van der Waals surface area contributed by atoms with Crippen molar-refractivity contribution < 1.29 is 27.9 Å². The smallest absolute Gasteiger partial charge is 0.416 e. The molecule has 1 saturated heterocycles. The van der Waals surface area contributed by atoms with E-state index in [4.69, 9.17) is 16.7 Å². The van der Waals surface area contributed by atoms with Gasteiger partial charge < -0.3 is 15.3 Å². The van der Waals surface area contributed by atoms with Crippen molar-refractivity contribution in [3.63, 3.8) is 0 Å². The number of alkyl halides is 4. The minimum absolute atomic E-state index is 0.120. The summed E-state index contributed by atoms with van der Waals surface area (Å²) in [5.41, 5.74) is -0.857. The summed E-state index contributed by atoms with van der Waals surface area (Å²) in [6, 6.07) is 5.13. The number of carboxylic acid groups (broad SMARTS) is 1. The van der Waals surface area contributed by atoms with Gasteiger partial charge in [0.2, 0.25) is 5.91 Å². The van der Waals surface area contributed by atoms with Gasteiger partial charge in [-0.25, -0.2) is 4.79 Å². The molecule has 1 fully saturated rings. The molecule has 5 nitrogen and oxygen atoms in total. The van der Waals surface area contributed by atoms with Crippen molar-refractivity contribution in [2.24, 2.45) is 0 Å². The second-order valence-corrected chi connectivity index (χ2v) is 6.62. The summed E-state index contributed by atoms with van der Waals surface area (Å²) in [6.07, 6.45) is -4.40. The molecule has 1 heterocycles. The minimum Gasteiger partial charge on any atom is -0.465 e. The molecule has 2 N–H and O–H groups in total. The molecule has 1 aromatic carbocycles. The highest BCUT2D eigenvalue weighted by Crippen LogP contribution is 2.40. The highest BCUT2D eigenvalue weighted by Gasteiger charge is 2.39. The summed E-state index contributed by atoms with van der Waals surface area (Å²) in [4.78, 5) is 24.1. The highest BCUT2D eigenvalue weighted by atomic mass is 35.5. The fourth-order valence-electron chi connectivity index (χ4n) is 3.39. The maximum absolute atomic E-state index is 13.1. The fraction of sp³-hybridized carbons (Fsp3) is 0.529. The predicted octanol–water partition coefficient (Wildman–Crippen LogP) is 3.46. The number of carbonyl (C=O) groups excluding carboxylic acids is 1. The summed E-state index contributed by atoms with van der Waals surface area (Å²) in [6.45, 7) is 0.860. The number of hydrogen-bond acceptors (Lipinski definition) is 2. The van der Waals surface area contributed by atoms with Gasteiger partial charge in [-0.1, -0.05) is 18.2 Å². The predicted molar refractivity (Wildman–Crippen MR) is 90.3 cm³/mol. The Bertz CT molecular complexity index is 659. The van der Waals surface area contributed by atoms with E-state index in [-0.39, 0.29) is 18.3 Å². The Balaban J connectivity index is 2.27. The van der Waals surface area contributed by atoms with E-state index in [2.05, 4.69) is 5.32 Å². The van der Waals surface area contributed by atoms with E-state index < -0.39 is 23.2 Å². The van der Waals surface area contributed by atoms with Crippen molar-refractivity contribution in [2.45, 2.75) is 30.9 Å². The summed E-state index contributed by atoms with van der Waals surface area (Å²) in [5, 5.41) is 11.0. The van der Waals surface area contributed by atoms with Gasteiger partial charge in [0.05, 0.1) is 5.56 Å².